The molecule has 1 amide bonds. The van der Waals surface area contributed by atoms with Gasteiger partial charge < -0.3 is 10.1 Å². The van der Waals surface area contributed by atoms with Crippen LogP contribution >= 0.6 is 0 Å². The summed E-state index contributed by atoms with van der Waals surface area (Å²) in [5.41, 5.74) is 0.909. The van der Waals surface area contributed by atoms with Crippen molar-refractivity contribution in [3.05, 3.63) is 24.3 Å². The second-order valence-electron chi connectivity index (χ2n) is 5.43. The topological polar surface area (TPSA) is 112 Å². The highest BCUT2D eigenvalue weighted by molar-refractivity contribution is 7.91. The summed E-state index contributed by atoms with van der Waals surface area (Å²) < 4.78 is 22.7. The normalized spacial score (nSPS) is 20.8. The van der Waals surface area contributed by atoms with Gasteiger partial charge in [0, 0.05) is 11.8 Å². The maximum atomic E-state index is 11.8. The second kappa shape index (κ2) is 5.53. The van der Waals surface area contributed by atoms with Gasteiger partial charge in [-0.05, 0) is 18.4 Å². The van der Waals surface area contributed by atoms with Gasteiger partial charge in [-0.25, -0.2) is 8.42 Å². The van der Waals surface area contributed by atoms with Crippen LogP contribution in [0.1, 0.15) is 12.8 Å². The molecule has 2 N–H and O–H groups in total. The molecule has 8 heteroatoms. The average Bonchev–Trinajstić information content (AvgIpc) is 2.95. The molecule has 116 valence electrons. The minimum Gasteiger partial charge on any atom is -0.493 e. The number of fused-ring (bicyclic) bond motifs is 1. The van der Waals surface area contributed by atoms with Gasteiger partial charge in [0.15, 0.2) is 15.5 Å². The zero-order chi connectivity index (χ0) is 15.7. The summed E-state index contributed by atoms with van der Waals surface area (Å²) in [5.74, 6) is -0.654. The molecule has 1 aromatic heterocycles. The van der Waals surface area contributed by atoms with Gasteiger partial charge in [-0.15, -0.1) is 10.2 Å². The number of azo groups is 1. The molecule has 2 aromatic rings. The first-order valence-corrected chi connectivity index (χ1v) is 8.71. The largest absolute Gasteiger partial charge is 0.493 e. The monoisotopic (exact) mass is 321 g/mol. The number of carbonyl (C=O) groups excluding carboxylic acids is 1. The SMILES string of the molecule is O=C(C[C@@H]1CCS(=O)(=O)C1)N=Nc1c(O)[nH]c2ccccc12. The molecular weight excluding hydrogens is 306 g/mol. The van der Waals surface area contributed by atoms with E-state index in [1.807, 2.05) is 6.07 Å². The molecule has 0 unspecified atom stereocenters. The highest BCUT2D eigenvalue weighted by atomic mass is 32.2. The first-order valence-electron chi connectivity index (χ1n) is 6.89. The number of H-pyrrole nitrogens is 1. The van der Waals surface area contributed by atoms with Crippen LogP contribution in [0.2, 0.25) is 0 Å². The van der Waals surface area contributed by atoms with E-state index >= 15 is 0 Å². The van der Waals surface area contributed by atoms with Crippen molar-refractivity contribution in [2.75, 3.05) is 11.5 Å². The molecule has 1 aliphatic heterocycles. The van der Waals surface area contributed by atoms with Gasteiger partial charge in [0.25, 0.3) is 5.91 Å². The molecule has 1 fully saturated rings. The first-order chi connectivity index (χ1) is 10.4. The van der Waals surface area contributed by atoms with Crippen molar-refractivity contribution < 1.29 is 18.3 Å². The van der Waals surface area contributed by atoms with Crippen LogP contribution in [0.5, 0.6) is 5.88 Å². The zero-order valence-corrected chi connectivity index (χ0v) is 12.5. The standard InChI is InChI=1S/C14H15N3O4S/c18-12(7-9-5-6-22(20,21)8-9)16-17-13-10-3-1-2-4-11(10)15-14(13)19/h1-4,9,15,19H,5-8H2/t9-/m0/s1. The molecule has 0 spiro atoms. The van der Waals surface area contributed by atoms with Crippen LogP contribution in [0, 0.1) is 5.92 Å². The van der Waals surface area contributed by atoms with Gasteiger partial charge in [0.1, 0.15) is 0 Å². The van der Waals surface area contributed by atoms with Crippen molar-refractivity contribution in [1.29, 1.82) is 0 Å². The Morgan fingerprint density at radius 3 is 2.86 bits per heavy atom. The Hall–Kier alpha value is -2.22. The predicted octanol–water partition coefficient (Wildman–Crippen LogP) is 2.31. The fourth-order valence-electron chi connectivity index (χ4n) is 2.64. The number of amides is 1. The van der Waals surface area contributed by atoms with Gasteiger partial charge in [-0.2, -0.15) is 0 Å². The van der Waals surface area contributed by atoms with Crippen LogP contribution in [0.3, 0.4) is 0 Å². The molecule has 7 nitrogen and oxygen atoms in total. The van der Waals surface area contributed by atoms with Crippen molar-refractivity contribution in [3.63, 3.8) is 0 Å². The summed E-state index contributed by atoms with van der Waals surface area (Å²) >= 11 is 0. The Labute approximate surface area is 127 Å². The van der Waals surface area contributed by atoms with Crippen molar-refractivity contribution in [2.24, 2.45) is 16.1 Å². The molecule has 1 atom stereocenters. The second-order valence-corrected chi connectivity index (χ2v) is 7.66. The van der Waals surface area contributed by atoms with Crippen molar-refractivity contribution in [1.82, 2.24) is 4.98 Å². The minimum absolute atomic E-state index is 0.0343. The molecule has 1 aliphatic rings. The number of aromatic amines is 1. The van der Waals surface area contributed by atoms with Crippen LogP contribution in [-0.4, -0.2) is 35.9 Å². The maximum Gasteiger partial charge on any atom is 0.265 e. The van der Waals surface area contributed by atoms with Gasteiger partial charge in [0.05, 0.1) is 17.0 Å². The third-order valence-corrected chi connectivity index (χ3v) is 5.55. The lowest BCUT2D eigenvalue weighted by molar-refractivity contribution is -0.119. The number of hydrogen-bond donors (Lipinski definition) is 2. The van der Waals surface area contributed by atoms with E-state index < -0.39 is 15.7 Å². The van der Waals surface area contributed by atoms with E-state index in [0.717, 1.165) is 0 Å². The molecule has 1 saturated heterocycles. The molecular formula is C14H15N3O4S. The van der Waals surface area contributed by atoms with E-state index in [0.29, 0.717) is 17.3 Å². The van der Waals surface area contributed by atoms with Crippen LogP contribution in [0.15, 0.2) is 34.5 Å². The molecule has 0 bridgehead atoms. The van der Waals surface area contributed by atoms with E-state index in [1.54, 1.807) is 18.2 Å². The van der Waals surface area contributed by atoms with E-state index in [9.17, 15) is 18.3 Å². The Balaban J connectivity index is 1.73. The average molecular weight is 321 g/mol. The lowest BCUT2D eigenvalue weighted by Gasteiger charge is -2.01. The Kier molecular flexibility index (Phi) is 3.69. The fraction of sp³-hybridized carbons (Fsp3) is 0.357. The Morgan fingerprint density at radius 2 is 2.14 bits per heavy atom. The number of para-hydroxylation sites is 1. The highest BCUT2D eigenvalue weighted by Crippen LogP contribution is 2.35. The maximum absolute atomic E-state index is 11.8. The quantitative estimate of drug-likeness (QED) is 0.845. The molecule has 0 saturated carbocycles. The number of aromatic nitrogens is 1. The summed E-state index contributed by atoms with van der Waals surface area (Å²) in [6.07, 6.45) is 0.549. The van der Waals surface area contributed by atoms with Gasteiger partial charge in [-0.1, -0.05) is 18.2 Å². The van der Waals surface area contributed by atoms with Crippen LogP contribution in [0.25, 0.3) is 10.9 Å². The lowest BCUT2D eigenvalue weighted by atomic mass is 10.1. The van der Waals surface area contributed by atoms with Crippen molar-refractivity contribution in [2.45, 2.75) is 12.8 Å². The third-order valence-electron chi connectivity index (χ3n) is 3.71. The molecule has 0 aliphatic carbocycles. The number of nitrogens with one attached hydrogen (secondary N) is 1. The summed E-state index contributed by atoms with van der Waals surface area (Å²) in [6, 6.07) is 7.14. The Morgan fingerprint density at radius 1 is 1.36 bits per heavy atom. The molecule has 0 radical (unpaired) electrons. The number of hydrogen-bond acceptors (Lipinski definition) is 5. The van der Waals surface area contributed by atoms with Crippen molar-refractivity contribution in [3.8, 4) is 5.88 Å². The number of rotatable bonds is 3. The smallest absolute Gasteiger partial charge is 0.265 e. The first kappa shape index (κ1) is 14.7. The van der Waals surface area contributed by atoms with E-state index in [-0.39, 0.29) is 35.4 Å². The minimum atomic E-state index is -3.00. The fourth-order valence-corrected chi connectivity index (χ4v) is 4.50. The summed E-state index contributed by atoms with van der Waals surface area (Å²) in [6.45, 7) is 0. The predicted molar refractivity (Wildman–Crippen MR) is 80.9 cm³/mol. The van der Waals surface area contributed by atoms with E-state index in [2.05, 4.69) is 15.2 Å². The molecule has 2 heterocycles. The summed E-state index contributed by atoms with van der Waals surface area (Å²) in [7, 11) is -3.00. The zero-order valence-electron chi connectivity index (χ0n) is 11.7. The van der Waals surface area contributed by atoms with Gasteiger partial charge in [0.2, 0.25) is 5.88 Å². The third kappa shape index (κ3) is 3.01. The van der Waals surface area contributed by atoms with Crippen LogP contribution in [0.4, 0.5) is 5.69 Å². The van der Waals surface area contributed by atoms with Crippen LogP contribution in [-0.2, 0) is 14.6 Å². The number of sulfone groups is 1. The number of aromatic hydroxyl groups is 1. The lowest BCUT2D eigenvalue weighted by Crippen LogP contribution is -2.08. The number of benzene rings is 1. The summed E-state index contributed by atoms with van der Waals surface area (Å²) in [4.78, 5) is 14.6. The highest BCUT2D eigenvalue weighted by Gasteiger charge is 2.29. The van der Waals surface area contributed by atoms with Crippen LogP contribution < -0.4 is 0 Å². The molecule has 22 heavy (non-hydrogen) atoms. The van der Waals surface area contributed by atoms with Crippen molar-refractivity contribution >= 4 is 32.3 Å². The molecule has 3 rings (SSSR count). The summed E-state index contributed by atoms with van der Waals surface area (Å²) in [5, 5.41) is 17.9. The Bertz CT molecular complexity index is 854. The molecule has 1 aromatic carbocycles. The van der Waals surface area contributed by atoms with Gasteiger partial charge >= 0.3 is 0 Å². The van der Waals surface area contributed by atoms with Gasteiger partial charge in [-0.3, -0.25) is 4.79 Å². The van der Waals surface area contributed by atoms with E-state index in [4.69, 9.17) is 0 Å². The number of carbonyl (C=O) groups is 1. The van der Waals surface area contributed by atoms with E-state index in [1.165, 1.54) is 0 Å². The number of nitrogens with zero attached hydrogens (tertiary/aromatic N) is 2.